The molecule has 0 fully saturated rings. The molecule has 0 aliphatic heterocycles. The van der Waals surface area contributed by atoms with Crippen LogP contribution in [-0.4, -0.2) is 12.9 Å². The molecule has 0 radical (unpaired) electrons. The van der Waals surface area contributed by atoms with Crippen LogP contribution in [0.1, 0.15) is 22.5 Å². The molecule has 0 aliphatic rings. The molecule has 1 aromatic heterocycles. The van der Waals surface area contributed by atoms with Gasteiger partial charge in [-0.1, -0.05) is 12.1 Å². The first kappa shape index (κ1) is 11.5. The summed E-state index contributed by atoms with van der Waals surface area (Å²) in [5.41, 5.74) is 0.677. The molecule has 0 saturated heterocycles. The van der Waals surface area contributed by atoms with Gasteiger partial charge in [-0.15, -0.1) is 0 Å². The van der Waals surface area contributed by atoms with Gasteiger partial charge < -0.3 is 9.15 Å². The summed E-state index contributed by atoms with van der Waals surface area (Å²) in [5, 5.41) is 0. The van der Waals surface area contributed by atoms with Crippen LogP contribution in [0.2, 0.25) is 0 Å². The summed E-state index contributed by atoms with van der Waals surface area (Å²) in [4.78, 5) is 11.9. The Morgan fingerprint density at radius 2 is 2.18 bits per heavy atom. The van der Waals surface area contributed by atoms with E-state index in [2.05, 4.69) is 0 Å². The first-order valence-electron chi connectivity index (χ1n) is 5.49. The van der Waals surface area contributed by atoms with Crippen LogP contribution in [0.3, 0.4) is 0 Å². The highest BCUT2D eigenvalue weighted by Crippen LogP contribution is 2.15. The largest absolute Gasteiger partial charge is 0.497 e. The minimum Gasteiger partial charge on any atom is -0.497 e. The van der Waals surface area contributed by atoms with Gasteiger partial charge in [0, 0.05) is 18.4 Å². The molecule has 0 amide bonds. The third-order valence-electron chi connectivity index (χ3n) is 2.57. The number of furan rings is 1. The highest BCUT2D eigenvalue weighted by Gasteiger charge is 2.08. The van der Waals surface area contributed by atoms with E-state index in [1.807, 2.05) is 24.3 Å². The molecule has 3 nitrogen and oxygen atoms in total. The maximum absolute atomic E-state index is 11.9. The van der Waals surface area contributed by atoms with Crippen LogP contribution in [-0.2, 0) is 6.42 Å². The highest BCUT2D eigenvalue weighted by atomic mass is 16.5. The standard InChI is InChI=1S/C14H14O3/c1-16-13-5-2-4-11(10-13)14(15)8-7-12-6-3-9-17-12/h2-6,9-10H,7-8H2,1H3. The number of methoxy groups -OCH3 is 1. The highest BCUT2D eigenvalue weighted by molar-refractivity contribution is 5.96. The van der Waals surface area contributed by atoms with Crippen LogP contribution >= 0.6 is 0 Å². The smallest absolute Gasteiger partial charge is 0.163 e. The van der Waals surface area contributed by atoms with Gasteiger partial charge in [0.25, 0.3) is 0 Å². The Hall–Kier alpha value is -2.03. The lowest BCUT2D eigenvalue weighted by molar-refractivity contribution is 0.0980. The SMILES string of the molecule is COc1cccc(C(=O)CCc2ccco2)c1. The van der Waals surface area contributed by atoms with Crippen LogP contribution in [0, 0.1) is 0 Å². The molecule has 1 heterocycles. The van der Waals surface area contributed by atoms with Crippen molar-refractivity contribution >= 4 is 5.78 Å². The maximum atomic E-state index is 11.9. The Bertz CT molecular complexity index is 486. The molecule has 0 bridgehead atoms. The normalized spacial score (nSPS) is 10.2. The van der Waals surface area contributed by atoms with Crippen molar-refractivity contribution in [3.63, 3.8) is 0 Å². The summed E-state index contributed by atoms with van der Waals surface area (Å²) < 4.78 is 10.3. The first-order chi connectivity index (χ1) is 8.29. The van der Waals surface area contributed by atoms with Gasteiger partial charge in [-0.05, 0) is 24.3 Å². The van der Waals surface area contributed by atoms with Gasteiger partial charge in [0.15, 0.2) is 5.78 Å². The fourth-order valence-electron chi connectivity index (χ4n) is 1.63. The van der Waals surface area contributed by atoms with E-state index in [1.165, 1.54) is 0 Å². The number of carbonyl (C=O) groups excluding carboxylic acids is 1. The summed E-state index contributed by atoms with van der Waals surface area (Å²) in [6.45, 7) is 0. The minimum atomic E-state index is 0.0975. The van der Waals surface area contributed by atoms with Gasteiger partial charge in [0.05, 0.1) is 13.4 Å². The number of aryl methyl sites for hydroxylation is 1. The Morgan fingerprint density at radius 3 is 2.88 bits per heavy atom. The van der Waals surface area contributed by atoms with Crippen molar-refractivity contribution < 1.29 is 13.9 Å². The fourth-order valence-corrected chi connectivity index (χ4v) is 1.63. The summed E-state index contributed by atoms with van der Waals surface area (Å²) >= 11 is 0. The summed E-state index contributed by atoms with van der Waals surface area (Å²) in [7, 11) is 1.59. The van der Waals surface area contributed by atoms with E-state index in [0.717, 1.165) is 5.76 Å². The average Bonchev–Trinajstić information content (AvgIpc) is 2.89. The van der Waals surface area contributed by atoms with Crippen LogP contribution in [0.15, 0.2) is 47.1 Å². The van der Waals surface area contributed by atoms with E-state index in [0.29, 0.717) is 24.2 Å². The molecule has 0 spiro atoms. The molecule has 3 heteroatoms. The molecule has 88 valence electrons. The predicted molar refractivity (Wildman–Crippen MR) is 64.4 cm³/mol. The molecule has 0 aliphatic carbocycles. The number of hydrogen-bond acceptors (Lipinski definition) is 3. The van der Waals surface area contributed by atoms with Crippen LogP contribution < -0.4 is 4.74 Å². The molecular formula is C14H14O3. The lowest BCUT2D eigenvalue weighted by Crippen LogP contribution is -2.01. The van der Waals surface area contributed by atoms with Crippen LogP contribution in [0.4, 0.5) is 0 Å². The molecule has 1 aromatic carbocycles. The third-order valence-corrected chi connectivity index (χ3v) is 2.57. The topological polar surface area (TPSA) is 39.4 Å². The molecule has 0 saturated carbocycles. The lowest BCUT2D eigenvalue weighted by Gasteiger charge is -2.03. The van der Waals surface area contributed by atoms with Gasteiger partial charge in [-0.25, -0.2) is 0 Å². The predicted octanol–water partition coefficient (Wildman–Crippen LogP) is 3.10. The van der Waals surface area contributed by atoms with E-state index in [4.69, 9.17) is 9.15 Å². The van der Waals surface area contributed by atoms with Crippen molar-refractivity contribution in [3.8, 4) is 5.75 Å². The Morgan fingerprint density at radius 1 is 1.29 bits per heavy atom. The second-order valence-corrected chi connectivity index (χ2v) is 3.73. The monoisotopic (exact) mass is 230 g/mol. The number of Topliss-reactive ketones (excluding diaryl/α,β-unsaturated/α-hetero) is 1. The van der Waals surface area contributed by atoms with E-state index >= 15 is 0 Å². The summed E-state index contributed by atoms with van der Waals surface area (Å²) in [6.07, 6.45) is 2.69. The van der Waals surface area contributed by atoms with Crippen LogP contribution in [0.25, 0.3) is 0 Å². The second kappa shape index (κ2) is 5.34. The zero-order valence-corrected chi connectivity index (χ0v) is 9.68. The van der Waals surface area contributed by atoms with E-state index in [-0.39, 0.29) is 5.78 Å². The van der Waals surface area contributed by atoms with Crippen LogP contribution in [0.5, 0.6) is 5.75 Å². The van der Waals surface area contributed by atoms with Crippen molar-refractivity contribution in [2.75, 3.05) is 7.11 Å². The second-order valence-electron chi connectivity index (χ2n) is 3.73. The van der Waals surface area contributed by atoms with E-state index < -0.39 is 0 Å². The van der Waals surface area contributed by atoms with Crippen molar-refractivity contribution in [1.82, 2.24) is 0 Å². The lowest BCUT2D eigenvalue weighted by atomic mass is 10.1. The minimum absolute atomic E-state index is 0.0975. The number of rotatable bonds is 5. The van der Waals surface area contributed by atoms with Gasteiger partial charge in [0.1, 0.15) is 11.5 Å². The number of benzene rings is 1. The maximum Gasteiger partial charge on any atom is 0.163 e. The van der Waals surface area contributed by atoms with E-state index in [1.54, 1.807) is 25.5 Å². The quantitative estimate of drug-likeness (QED) is 0.741. The zero-order chi connectivity index (χ0) is 12.1. The number of ketones is 1. The van der Waals surface area contributed by atoms with Gasteiger partial charge >= 0.3 is 0 Å². The molecule has 0 unspecified atom stereocenters. The molecule has 0 atom stereocenters. The molecule has 17 heavy (non-hydrogen) atoms. The Labute approximate surface area is 100 Å². The van der Waals surface area contributed by atoms with Gasteiger partial charge in [-0.3, -0.25) is 4.79 Å². The Kier molecular flexibility index (Phi) is 3.60. The Balaban J connectivity index is 1.99. The molecule has 0 N–H and O–H groups in total. The van der Waals surface area contributed by atoms with Crippen molar-refractivity contribution in [3.05, 3.63) is 54.0 Å². The molecule has 2 aromatic rings. The first-order valence-corrected chi connectivity index (χ1v) is 5.49. The van der Waals surface area contributed by atoms with Crippen molar-refractivity contribution in [2.45, 2.75) is 12.8 Å². The molecular weight excluding hydrogens is 216 g/mol. The third kappa shape index (κ3) is 2.97. The fraction of sp³-hybridized carbons (Fsp3) is 0.214. The number of ether oxygens (including phenoxy) is 1. The van der Waals surface area contributed by atoms with Crippen molar-refractivity contribution in [1.29, 1.82) is 0 Å². The van der Waals surface area contributed by atoms with E-state index in [9.17, 15) is 4.79 Å². The average molecular weight is 230 g/mol. The number of carbonyl (C=O) groups is 1. The van der Waals surface area contributed by atoms with Gasteiger partial charge in [0.2, 0.25) is 0 Å². The zero-order valence-electron chi connectivity index (χ0n) is 9.68. The summed E-state index contributed by atoms with van der Waals surface area (Å²) in [6, 6.07) is 10.9. The summed E-state index contributed by atoms with van der Waals surface area (Å²) in [5.74, 6) is 1.63. The molecule has 2 rings (SSSR count). The van der Waals surface area contributed by atoms with Crippen molar-refractivity contribution in [2.24, 2.45) is 0 Å². The number of hydrogen-bond donors (Lipinski definition) is 0. The van der Waals surface area contributed by atoms with Gasteiger partial charge in [-0.2, -0.15) is 0 Å².